The van der Waals surface area contributed by atoms with Crippen LogP contribution in [0, 0.1) is 5.92 Å². The lowest BCUT2D eigenvalue weighted by atomic mass is 10.1. The third kappa shape index (κ3) is 2.82. The minimum Gasteiger partial charge on any atom is -0.492 e. The van der Waals surface area contributed by atoms with Crippen LogP contribution in [0.1, 0.15) is 32.7 Å². The predicted molar refractivity (Wildman–Crippen MR) is 63.4 cm³/mol. The van der Waals surface area contributed by atoms with Crippen molar-refractivity contribution in [1.29, 1.82) is 0 Å². The first kappa shape index (κ1) is 13.2. The second kappa shape index (κ2) is 5.45. The van der Waals surface area contributed by atoms with E-state index in [-0.39, 0.29) is 22.4 Å². The number of aromatic hydroxyl groups is 1. The van der Waals surface area contributed by atoms with Crippen molar-refractivity contribution in [2.45, 2.75) is 26.9 Å². The van der Waals surface area contributed by atoms with Crippen LogP contribution in [0.3, 0.4) is 0 Å². The normalized spacial score (nSPS) is 13.1. The van der Waals surface area contributed by atoms with Gasteiger partial charge in [-0.05, 0) is 28.8 Å². The van der Waals surface area contributed by atoms with Crippen LogP contribution >= 0.6 is 15.9 Å². The molecule has 2 N–H and O–H groups in total. The molecule has 1 aromatic heterocycles. The van der Waals surface area contributed by atoms with E-state index in [1.165, 1.54) is 0 Å². The van der Waals surface area contributed by atoms with Crippen molar-refractivity contribution < 1.29 is 9.84 Å². The lowest BCUT2D eigenvalue weighted by Crippen LogP contribution is -2.20. The summed E-state index contributed by atoms with van der Waals surface area (Å²) in [5.74, 6) is 0.190. The molecule has 0 bridgehead atoms. The fourth-order valence-corrected chi connectivity index (χ4v) is 1.55. The monoisotopic (exact) mass is 290 g/mol. The molecule has 1 heterocycles. The van der Waals surface area contributed by atoms with E-state index in [4.69, 9.17) is 4.74 Å². The van der Waals surface area contributed by atoms with Crippen LogP contribution in [0.4, 0.5) is 0 Å². The van der Waals surface area contributed by atoms with Crippen LogP contribution in [0.15, 0.2) is 9.27 Å². The first-order valence-corrected chi connectivity index (χ1v) is 5.87. The van der Waals surface area contributed by atoms with Crippen LogP contribution < -0.4 is 5.56 Å². The lowest BCUT2D eigenvalue weighted by molar-refractivity contribution is 0.0226. The van der Waals surface area contributed by atoms with Gasteiger partial charge >= 0.3 is 0 Å². The first-order valence-electron chi connectivity index (χ1n) is 5.07. The Morgan fingerprint density at radius 2 is 2.19 bits per heavy atom. The molecule has 0 aliphatic heterocycles. The Balaban J connectivity index is 3.15. The Morgan fingerprint density at radius 3 is 2.62 bits per heavy atom. The van der Waals surface area contributed by atoms with Gasteiger partial charge in [-0.25, -0.2) is 0 Å². The van der Waals surface area contributed by atoms with Crippen molar-refractivity contribution in [1.82, 2.24) is 9.97 Å². The number of ether oxygens (including phenoxy) is 1. The summed E-state index contributed by atoms with van der Waals surface area (Å²) in [6.07, 6.45) is -0.323. The maximum Gasteiger partial charge on any atom is 0.269 e. The lowest BCUT2D eigenvalue weighted by Gasteiger charge is -2.19. The zero-order valence-electron chi connectivity index (χ0n) is 9.45. The van der Waals surface area contributed by atoms with Crippen molar-refractivity contribution in [2.24, 2.45) is 5.92 Å². The van der Waals surface area contributed by atoms with Crippen LogP contribution in [0.5, 0.6) is 5.88 Å². The second-order valence-electron chi connectivity index (χ2n) is 3.71. The fourth-order valence-electron chi connectivity index (χ4n) is 1.37. The Morgan fingerprint density at radius 1 is 1.56 bits per heavy atom. The van der Waals surface area contributed by atoms with Gasteiger partial charge in [0.25, 0.3) is 5.56 Å². The largest absolute Gasteiger partial charge is 0.492 e. The van der Waals surface area contributed by atoms with E-state index in [1.54, 1.807) is 0 Å². The van der Waals surface area contributed by atoms with Crippen molar-refractivity contribution >= 4 is 15.9 Å². The third-order valence-corrected chi connectivity index (χ3v) is 2.80. The zero-order chi connectivity index (χ0) is 12.3. The highest BCUT2D eigenvalue weighted by Crippen LogP contribution is 2.25. The Hall–Kier alpha value is -0.880. The Kier molecular flexibility index (Phi) is 4.49. The molecule has 0 aromatic carbocycles. The quantitative estimate of drug-likeness (QED) is 0.889. The van der Waals surface area contributed by atoms with Gasteiger partial charge in [0.2, 0.25) is 5.88 Å². The van der Waals surface area contributed by atoms with Crippen LogP contribution in [-0.2, 0) is 4.74 Å². The number of halogens is 1. The summed E-state index contributed by atoms with van der Waals surface area (Å²) < 4.78 is 5.52. The molecule has 1 rings (SSSR count). The van der Waals surface area contributed by atoms with Crippen molar-refractivity contribution in [3.8, 4) is 5.88 Å². The number of nitrogens with zero attached hydrogens (tertiary/aromatic N) is 1. The molecular formula is C10H15BrN2O3. The van der Waals surface area contributed by atoms with Gasteiger partial charge in [0.15, 0.2) is 0 Å². The highest BCUT2D eigenvalue weighted by atomic mass is 79.9. The topological polar surface area (TPSA) is 75.2 Å². The van der Waals surface area contributed by atoms with Gasteiger partial charge < -0.3 is 14.8 Å². The minimum absolute atomic E-state index is 0.0373. The number of rotatable bonds is 4. The number of aromatic nitrogens is 2. The highest BCUT2D eigenvalue weighted by molar-refractivity contribution is 9.10. The molecule has 16 heavy (non-hydrogen) atoms. The molecule has 0 spiro atoms. The summed E-state index contributed by atoms with van der Waals surface area (Å²) in [6, 6.07) is 0. The van der Waals surface area contributed by atoms with Crippen LogP contribution in [0.25, 0.3) is 0 Å². The predicted octanol–water partition coefficient (Wildman–Crippen LogP) is 1.97. The Bertz CT molecular complexity index is 417. The second-order valence-corrected chi connectivity index (χ2v) is 4.50. The molecule has 5 nitrogen and oxygen atoms in total. The van der Waals surface area contributed by atoms with E-state index in [0.717, 1.165) is 0 Å². The summed E-state index contributed by atoms with van der Waals surface area (Å²) in [6.45, 7) is 6.30. The van der Waals surface area contributed by atoms with Crippen LogP contribution in [-0.4, -0.2) is 21.7 Å². The standard InChI is InChI=1S/C10H15BrN2O3/c1-4-16-7(5(2)3)8-12-9(14)6(11)10(15)13-8/h5,7H,4H2,1-3H3,(H2,12,13,14,15). The van der Waals surface area contributed by atoms with Crippen molar-refractivity contribution in [3.05, 3.63) is 20.7 Å². The van der Waals surface area contributed by atoms with E-state index in [2.05, 4.69) is 25.9 Å². The van der Waals surface area contributed by atoms with Gasteiger partial charge in [-0.15, -0.1) is 0 Å². The van der Waals surface area contributed by atoms with Crippen molar-refractivity contribution in [3.63, 3.8) is 0 Å². The smallest absolute Gasteiger partial charge is 0.269 e. The molecule has 0 saturated carbocycles. The molecule has 0 saturated heterocycles. The molecule has 1 unspecified atom stereocenters. The summed E-state index contributed by atoms with van der Waals surface area (Å²) >= 11 is 2.94. The molecule has 6 heteroatoms. The van der Waals surface area contributed by atoms with Gasteiger partial charge in [-0.2, -0.15) is 4.98 Å². The molecule has 1 aromatic rings. The number of hydrogen-bond acceptors (Lipinski definition) is 4. The van der Waals surface area contributed by atoms with E-state index >= 15 is 0 Å². The van der Waals surface area contributed by atoms with E-state index in [1.807, 2.05) is 20.8 Å². The summed E-state index contributed by atoms with van der Waals surface area (Å²) in [7, 11) is 0. The Labute approximate surface area is 102 Å². The number of hydrogen-bond donors (Lipinski definition) is 2. The number of nitrogens with one attached hydrogen (secondary N) is 1. The average Bonchev–Trinajstić information content (AvgIpc) is 2.21. The van der Waals surface area contributed by atoms with Gasteiger partial charge in [-0.3, -0.25) is 4.79 Å². The molecule has 1 atom stereocenters. The molecule has 0 amide bonds. The maximum absolute atomic E-state index is 11.4. The number of aromatic amines is 1. The van der Waals surface area contributed by atoms with Crippen molar-refractivity contribution in [2.75, 3.05) is 6.61 Å². The first-order chi connectivity index (χ1) is 7.47. The molecule has 0 aliphatic carbocycles. The fraction of sp³-hybridized carbons (Fsp3) is 0.600. The molecule has 0 fully saturated rings. The van der Waals surface area contributed by atoms with E-state index in [9.17, 15) is 9.90 Å². The molecule has 0 aliphatic rings. The SMILES string of the molecule is CCOC(c1nc(O)c(Br)c(=O)[nH]1)C(C)C. The molecule has 0 radical (unpaired) electrons. The van der Waals surface area contributed by atoms with E-state index in [0.29, 0.717) is 12.4 Å². The summed E-state index contributed by atoms with van der Waals surface area (Å²) in [5.41, 5.74) is -0.409. The summed E-state index contributed by atoms with van der Waals surface area (Å²) in [4.78, 5) is 17.9. The van der Waals surface area contributed by atoms with Gasteiger partial charge in [-0.1, -0.05) is 13.8 Å². The maximum atomic E-state index is 11.4. The number of H-pyrrole nitrogens is 1. The average molecular weight is 291 g/mol. The zero-order valence-corrected chi connectivity index (χ0v) is 11.0. The summed E-state index contributed by atoms with van der Waals surface area (Å²) in [5, 5.41) is 9.45. The highest BCUT2D eigenvalue weighted by Gasteiger charge is 2.20. The van der Waals surface area contributed by atoms with Gasteiger partial charge in [0.05, 0.1) is 0 Å². The van der Waals surface area contributed by atoms with Crippen LogP contribution in [0.2, 0.25) is 0 Å². The van der Waals surface area contributed by atoms with Gasteiger partial charge in [0.1, 0.15) is 16.4 Å². The van der Waals surface area contributed by atoms with Gasteiger partial charge in [0, 0.05) is 6.61 Å². The third-order valence-electron chi connectivity index (χ3n) is 2.08. The molecule has 90 valence electrons. The molecular weight excluding hydrogens is 276 g/mol. The minimum atomic E-state index is -0.409. The van der Waals surface area contributed by atoms with E-state index < -0.39 is 5.56 Å².